The molecule has 0 radical (unpaired) electrons. The zero-order valence-corrected chi connectivity index (χ0v) is 3.18. The second kappa shape index (κ2) is 4.92. The minimum atomic E-state index is -0.560. The van der Waals surface area contributed by atoms with Crippen LogP contribution in [0.3, 0.4) is 0 Å². The van der Waals surface area contributed by atoms with Gasteiger partial charge in [0.1, 0.15) is 0 Å². The van der Waals surface area contributed by atoms with Crippen molar-refractivity contribution in [2.75, 3.05) is 6.61 Å². The summed E-state index contributed by atoms with van der Waals surface area (Å²) in [7, 11) is 0. The summed E-state index contributed by atoms with van der Waals surface area (Å²) in [5, 5.41) is 16.0. The van der Waals surface area contributed by atoms with E-state index >= 15 is 0 Å². The quantitative estimate of drug-likeness (QED) is 0.478. The van der Waals surface area contributed by atoms with E-state index in [9.17, 15) is 0 Å². The lowest BCUT2D eigenvalue weighted by Gasteiger charge is -1.90. The van der Waals surface area contributed by atoms with E-state index in [1.165, 1.54) is 6.92 Å². The second-order valence-corrected chi connectivity index (χ2v) is 1.03. The zero-order chi connectivity index (χ0) is 4.28. The van der Waals surface area contributed by atoms with Crippen molar-refractivity contribution in [3.63, 3.8) is 0 Å². The third-order valence-corrected chi connectivity index (χ3v) is 0.264. The SMILES string of the molecule is C.CC(O)CO. The van der Waals surface area contributed by atoms with E-state index in [0.29, 0.717) is 0 Å². The van der Waals surface area contributed by atoms with E-state index in [-0.39, 0.29) is 14.0 Å². The Morgan fingerprint density at radius 3 is 1.83 bits per heavy atom. The monoisotopic (exact) mass is 92.1 g/mol. The molecule has 1 atom stereocenters. The van der Waals surface area contributed by atoms with Crippen LogP contribution in [-0.2, 0) is 0 Å². The third-order valence-electron chi connectivity index (χ3n) is 0.264. The van der Waals surface area contributed by atoms with Crippen LogP contribution in [0.25, 0.3) is 0 Å². The van der Waals surface area contributed by atoms with Crippen LogP contribution in [0.2, 0.25) is 0 Å². The van der Waals surface area contributed by atoms with Gasteiger partial charge in [0.25, 0.3) is 0 Å². The minimum Gasteiger partial charge on any atom is -0.394 e. The maximum atomic E-state index is 8.11. The van der Waals surface area contributed by atoms with Gasteiger partial charge in [0, 0.05) is 0 Å². The molecule has 0 saturated carbocycles. The van der Waals surface area contributed by atoms with Gasteiger partial charge < -0.3 is 10.2 Å². The molecule has 0 aliphatic heterocycles. The standard InChI is InChI=1S/C3H8O2.CH4/c1-3(5)2-4;/h3-5H,2H2,1H3;1H4. The average molecular weight is 92.1 g/mol. The highest BCUT2D eigenvalue weighted by atomic mass is 16.3. The molecule has 2 N–H and O–H groups in total. The van der Waals surface area contributed by atoms with Crippen molar-refractivity contribution < 1.29 is 10.2 Å². The first-order chi connectivity index (χ1) is 2.27. The number of hydrogen-bond donors (Lipinski definition) is 2. The summed E-state index contributed by atoms with van der Waals surface area (Å²) in [5.74, 6) is 0. The Hall–Kier alpha value is -0.0800. The van der Waals surface area contributed by atoms with Crippen molar-refractivity contribution in [2.45, 2.75) is 20.5 Å². The number of aliphatic hydroxyl groups is 2. The Labute approximate surface area is 38.4 Å². The molecular weight excluding hydrogens is 80.0 g/mol. The fraction of sp³-hybridized carbons (Fsp3) is 1.00. The summed E-state index contributed by atoms with van der Waals surface area (Å²) < 4.78 is 0. The van der Waals surface area contributed by atoms with Crippen LogP contribution >= 0.6 is 0 Å². The lowest BCUT2D eigenvalue weighted by atomic mass is 10.5. The van der Waals surface area contributed by atoms with Gasteiger partial charge in [-0.1, -0.05) is 7.43 Å². The minimum absolute atomic E-state index is 0. The topological polar surface area (TPSA) is 40.5 Å². The molecule has 0 aromatic carbocycles. The highest BCUT2D eigenvalue weighted by molar-refractivity contribution is 4.33. The van der Waals surface area contributed by atoms with Crippen LogP contribution in [-0.4, -0.2) is 22.9 Å². The molecule has 0 saturated heterocycles. The van der Waals surface area contributed by atoms with Crippen molar-refractivity contribution in [3.8, 4) is 0 Å². The van der Waals surface area contributed by atoms with E-state index < -0.39 is 6.10 Å². The predicted molar refractivity (Wildman–Crippen MR) is 25.5 cm³/mol. The van der Waals surface area contributed by atoms with Gasteiger partial charge in [0.05, 0.1) is 12.7 Å². The first-order valence-electron chi connectivity index (χ1n) is 1.56. The van der Waals surface area contributed by atoms with Crippen molar-refractivity contribution in [3.05, 3.63) is 0 Å². The molecule has 0 spiro atoms. The van der Waals surface area contributed by atoms with Crippen LogP contribution in [0, 0.1) is 0 Å². The number of rotatable bonds is 1. The summed E-state index contributed by atoms with van der Waals surface area (Å²) >= 11 is 0. The summed E-state index contributed by atoms with van der Waals surface area (Å²) in [5.41, 5.74) is 0. The van der Waals surface area contributed by atoms with Crippen molar-refractivity contribution in [2.24, 2.45) is 0 Å². The molecule has 0 amide bonds. The lowest BCUT2D eigenvalue weighted by Crippen LogP contribution is -2.03. The molecule has 0 bridgehead atoms. The highest BCUT2D eigenvalue weighted by Gasteiger charge is 1.83. The van der Waals surface area contributed by atoms with E-state index in [4.69, 9.17) is 10.2 Å². The molecule has 1 unspecified atom stereocenters. The summed E-state index contributed by atoms with van der Waals surface area (Å²) in [6, 6.07) is 0. The van der Waals surface area contributed by atoms with E-state index in [1.807, 2.05) is 0 Å². The Bertz CT molecular complexity index is 19.5. The summed E-state index contributed by atoms with van der Waals surface area (Å²) in [6.45, 7) is 1.39. The fourth-order valence-electron chi connectivity index (χ4n) is 0. The molecule has 0 aliphatic rings. The van der Waals surface area contributed by atoms with Crippen molar-refractivity contribution in [1.82, 2.24) is 0 Å². The van der Waals surface area contributed by atoms with Gasteiger partial charge in [-0.3, -0.25) is 0 Å². The molecule has 6 heavy (non-hydrogen) atoms. The van der Waals surface area contributed by atoms with Gasteiger partial charge in [-0.2, -0.15) is 0 Å². The molecule has 0 aromatic heterocycles. The van der Waals surface area contributed by atoms with Crippen LogP contribution in [0.4, 0.5) is 0 Å². The fourth-order valence-corrected chi connectivity index (χ4v) is 0. The first kappa shape index (κ1) is 9.33. The Morgan fingerprint density at radius 2 is 1.83 bits per heavy atom. The van der Waals surface area contributed by atoms with E-state index in [0.717, 1.165) is 0 Å². The Kier molecular flexibility index (Phi) is 7.65. The van der Waals surface area contributed by atoms with Crippen LogP contribution < -0.4 is 0 Å². The van der Waals surface area contributed by atoms with Crippen LogP contribution in [0.5, 0.6) is 0 Å². The molecule has 40 valence electrons. The van der Waals surface area contributed by atoms with E-state index in [2.05, 4.69) is 0 Å². The van der Waals surface area contributed by atoms with Gasteiger partial charge in [-0.05, 0) is 6.92 Å². The first-order valence-corrected chi connectivity index (χ1v) is 1.56. The van der Waals surface area contributed by atoms with Gasteiger partial charge >= 0.3 is 0 Å². The molecular formula is C4H12O2. The average Bonchev–Trinajstić information content (AvgIpc) is 1.38. The maximum absolute atomic E-state index is 8.11. The van der Waals surface area contributed by atoms with Crippen molar-refractivity contribution in [1.29, 1.82) is 0 Å². The van der Waals surface area contributed by atoms with E-state index in [1.54, 1.807) is 0 Å². The molecule has 0 aromatic rings. The normalized spacial score (nSPS) is 12.5. The summed E-state index contributed by atoms with van der Waals surface area (Å²) in [4.78, 5) is 0. The van der Waals surface area contributed by atoms with Gasteiger partial charge in [-0.15, -0.1) is 0 Å². The van der Waals surface area contributed by atoms with Crippen LogP contribution in [0.15, 0.2) is 0 Å². The lowest BCUT2D eigenvalue weighted by molar-refractivity contribution is 0.110. The highest BCUT2D eigenvalue weighted by Crippen LogP contribution is 1.68. The van der Waals surface area contributed by atoms with Crippen molar-refractivity contribution >= 4 is 0 Å². The predicted octanol–water partition coefficient (Wildman–Crippen LogP) is -0.00440. The molecule has 2 nitrogen and oxygen atoms in total. The van der Waals surface area contributed by atoms with Gasteiger partial charge in [0.2, 0.25) is 0 Å². The molecule has 0 aliphatic carbocycles. The maximum Gasteiger partial charge on any atom is 0.0742 e. The van der Waals surface area contributed by atoms with Gasteiger partial charge in [-0.25, -0.2) is 0 Å². The smallest absolute Gasteiger partial charge is 0.0742 e. The Balaban J connectivity index is 0. The summed E-state index contributed by atoms with van der Waals surface area (Å²) in [6.07, 6.45) is -0.560. The van der Waals surface area contributed by atoms with Gasteiger partial charge in [0.15, 0.2) is 0 Å². The third kappa shape index (κ3) is 9.07. The molecule has 2 heteroatoms. The Morgan fingerprint density at radius 1 is 1.67 bits per heavy atom. The molecule has 0 rings (SSSR count). The largest absolute Gasteiger partial charge is 0.394 e. The zero-order valence-electron chi connectivity index (χ0n) is 3.18. The number of aliphatic hydroxyl groups excluding tert-OH is 2. The van der Waals surface area contributed by atoms with Crippen LogP contribution in [0.1, 0.15) is 14.4 Å². The molecule has 0 heterocycles. The second-order valence-electron chi connectivity index (χ2n) is 1.03. The molecule has 0 fully saturated rings. The number of hydrogen-bond acceptors (Lipinski definition) is 2.